The highest BCUT2D eigenvalue weighted by molar-refractivity contribution is 9.10. The molecular weight excluding hydrogens is 263 g/mol. The average molecular weight is 276 g/mol. The largest absolute Gasteiger partial charge is 0.392 e. The molecule has 0 spiro atoms. The van der Waals surface area contributed by atoms with Crippen molar-refractivity contribution in [2.24, 2.45) is 0 Å². The number of hydrogen-bond acceptors (Lipinski definition) is 1. The first-order valence-corrected chi connectivity index (χ1v) is 5.59. The zero-order valence-electron chi connectivity index (χ0n) is 7.93. The van der Waals surface area contributed by atoms with Gasteiger partial charge in [-0.3, -0.25) is 0 Å². The maximum atomic E-state index is 9.02. The van der Waals surface area contributed by atoms with E-state index < -0.39 is 0 Å². The molecule has 0 aliphatic rings. The molecule has 0 saturated carbocycles. The Balaban J connectivity index is 3.06. The van der Waals surface area contributed by atoms with Gasteiger partial charge < -0.3 is 5.11 Å². The summed E-state index contributed by atoms with van der Waals surface area (Å²) in [6, 6.07) is 5.67. The third kappa shape index (κ3) is 3.12. The Bertz CT molecular complexity index is 341. The monoisotopic (exact) mass is 274 g/mol. The molecule has 0 atom stereocenters. The first kappa shape index (κ1) is 11.8. The number of aliphatic hydroxyl groups excluding tert-OH is 1. The van der Waals surface area contributed by atoms with E-state index in [2.05, 4.69) is 15.9 Å². The summed E-state index contributed by atoms with van der Waals surface area (Å²) >= 11 is 9.39. The molecule has 0 aliphatic heterocycles. The van der Waals surface area contributed by atoms with Crippen LogP contribution in [0.4, 0.5) is 0 Å². The van der Waals surface area contributed by atoms with Gasteiger partial charge in [0.25, 0.3) is 0 Å². The maximum Gasteiger partial charge on any atom is 0.0644 e. The Morgan fingerprint density at radius 1 is 1.57 bits per heavy atom. The zero-order valence-corrected chi connectivity index (χ0v) is 10.3. The molecular formula is C11H12BrClO. The van der Waals surface area contributed by atoms with Crippen LogP contribution in [-0.4, -0.2) is 11.7 Å². The molecule has 0 radical (unpaired) electrons. The fraction of sp³-hybridized carbons (Fsp3) is 0.273. The fourth-order valence-corrected chi connectivity index (χ4v) is 1.66. The van der Waals surface area contributed by atoms with Crippen LogP contribution in [-0.2, 0) is 0 Å². The van der Waals surface area contributed by atoms with Crippen LogP contribution in [0.1, 0.15) is 18.9 Å². The van der Waals surface area contributed by atoms with E-state index >= 15 is 0 Å². The van der Waals surface area contributed by atoms with Crippen LogP contribution in [0, 0.1) is 0 Å². The van der Waals surface area contributed by atoms with Crippen molar-refractivity contribution in [2.45, 2.75) is 13.3 Å². The van der Waals surface area contributed by atoms with Crippen molar-refractivity contribution in [1.82, 2.24) is 0 Å². The van der Waals surface area contributed by atoms with Gasteiger partial charge in [-0.15, -0.1) is 0 Å². The van der Waals surface area contributed by atoms with E-state index in [1.807, 2.05) is 31.2 Å². The number of benzene rings is 1. The van der Waals surface area contributed by atoms with Gasteiger partial charge in [-0.1, -0.05) is 40.5 Å². The molecule has 0 unspecified atom stereocenters. The lowest BCUT2D eigenvalue weighted by molar-refractivity contribution is 0.329. The van der Waals surface area contributed by atoms with Gasteiger partial charge in [0, 0.05) is 9.50 Å². The van der Waals surface area contributed by atoms with Crippen molar-refractivity contribution in [1.29, 1.82) is 0 Å². The quantitative estimate of drug-likeness (QED) is 0.887. The zero-order chi connectivity index (χ0) is 10.6. The van der Waals surface area contributed by atoms with Gasteiger partial charge in [0.1, 0.15) is 0 Å². The molecule has 0 aromatic heterocycles. The summed E-state index contributed by atoms with van der Waals surface area (Å²) in [5.74, 6) is 0. The minimum atomic E-state index is 0.0827. The highest BCUT2D eigenvalue weighted by Gasteiger charge is 1.99. The Kier molecular flexibility index (Phi) is 4.66. The van der Waals surface area contributed by atoms with E-state index in [4.69, 9.17) is 16.7 Å². The molecule has 1 aromatic carbocycles. The van der Waals surface area contributed by atoms with Crippen LogP contribution in [0.15, 0.2) is 28.2 Å². The van der Waals surface area contributed by atoms with Gasteiger partial charge in [0.05, 0.1) is 6.61 Å². The summed E-state index contributed by atoms with van der Waals surface area (Å²) in [5.41, 5.74) is 1.91. The first-order valence-electron chi connectivity index (χ1n) is 4.42. The van der Waals surface area contributed by atoms with Crippen molar-refractivity contribution < 1.29 is 5.11 Å². The van der Waals surface area contributed by atoms with Crippen LogP contribution in [0.3, 0.4) is 0 Å². The molecule has 1 N–H and O–H groups in total. The van der Waals surface area contributed by atoms with Gasteiger partial charge in [-0.2, -0.15) is 0 Å². The lowest BCUT2D eigenvalue weighted by Gasteiger charge is -2.03. The summed E-state index contributed by atoms with van der Waals surface area (Å²) < 4.78 is 0.988. The Hall–Kier alpha value is -0.310. The van der Waals surface area contributed by atoms with Crippen molar-refractivity contribution in [3.8, 4) is 0 Å². The predicted molar refractivity (Wildman–Crippen MR) is 64.5 cm³/mol. The molecule has 1 aromatic rings. The van der Waals surface area contributed by atoms with Crippen molar-refractivity contribution in [2.75, 3.05) is 6.61 Å². The fourth-order valence-electron chi connectivity index (χ4n) is 1.10. The summed E-state index contributed by atoms with van der Waals surface area (Å²) in [6.45, 7) is 2.09. The Morgan fingerprint density at radius 3 is 2.86 bits per heavy atom. The highest BCUT2D eigenvalue weighted by atomic mass is 79.9. The van der Waals surface area contributed by atoms with Gasteiger partial charge in [-0.25, -0.2) is 0 Å². The molecule has 1 nitrogen and oxygen atoms in total. The van der Waals surface area contributed by atoms with E-state index in [1.165, 1.54) is 0 Å². The molecule has 0 amide bonds. The van der Waals surface area contributed by atoms with Crippen LogP contribution < -0.4 is 0 Å². The second kappa shape index (κ2) is 5.54. The first-order chi connectivity index (χ1) is 6.67. The van der Waals surface area contributed by atoms with E-state index in [0.717, 1.165) is 22.0 Å². The summed E-state index contributed by atoms with van der Waals surface area (Å²) in [5, 5.41) is 9.73. The molecule has 3 heteroatoms. The van der Waals surface area contributed by atoms with E-state index in [-0.39, 0.29) is 6.61 Å². The third-order valence-electron chi connectivity index (χ3n) is 1.97. The average Bonchev–Trinajstić information content (AvgIpc) is 2.19. The molecule has 0 aliphatic carbocycles. The molecule has 14 heavy (non-hydrogen) atoms. The third-order valence-corrected chi connectivity index (χ3v) is 2.81. The molecule has 0 bridgehead atoms. The molecule has 0 heterocycles. The topological polar surface area (TPSA) is 20.2 Å². The van der Waals surface area contributed by atoms with Crippen LogP contribution >= 0.6 is 27.5 Å². The number of aliphatic hydroxyl groups is 1. The molecule has 1 rings (SSSR count). The maximum absolute atomic E-state index is 9.02. The minimum Gasteiger partial charge on any atom is -0.392 e. The van der Waals surface area contributed by atoms with Crippen LogP contribution in [0.5, 0.6) is 0 Å². The molecule has 0 saturated heterocycles. The SMILES string of the molecule is CC/C(=C/c1cc(Br)ccc1Cl)CO. The summed E-state index contributed by atoms with van der Waals surface area (Å²) in [4.78, 5) is 0. The number of hydrogen-bond donors (Lipinski definition) is 1. The van der Waals surface area contributed by atoms with Crippen molar-refractivity contribution in [3.63, 3.8) is 0 Å². The second-order valence-electron chi connectivity index (χ2n) is 2.98. The highest BCUT2D eigenvalue weighted by Crippen LogP contribution is 2.23. The minimum absolute atomic E-state index is 0.0827. The second-order valence-corrected chi connectivity index (χ2v) is 4.30. The normalized spacial score (nSPS) is 11.9. The van der Waals surface area contributed by atoms with E-state index in [0.29, 0.717) is 5.02 Å². The molecule has 76 valence electrons. The van der Waals surface area contributed by atoms with Gasteiger partial charge in [0.15, 0.2) is 0 Å². The van der Waals surface area contributed by atoms with Crippen molar-refractivity contribution >= 4 is 33.6 Å². The van der Waals surface area contributed by atoms with Crippen molar-refractivity contribution in [3.05, 3.63) is 38.8 Å². The van der Waals surface area contributed by atoms with Gasteiger partial charge >= 0.3 is 0 Å². The summed E-state index contributed by atoms with van der Waals surface area (Å²) in [6.07, 6.45) is 2.76. The van der Waals surface area contributed by atoms with E-state index in [1.54, 1.807) is 0 Å². The number of halogens is 2. The lowest BCUT2D eigenvalue weighted by Crippen LogP contribution is -1.88. The van der Waals surface area contributed by atoms with Gasteiger partial charge in [-0.05, 0) is 35.8 Å². The van der Waals surface area contributed by atoms with Crippen LogP contribution in [0.25, 0.3) is 6.08 Å². The lowest BCUT2D eigenvalue weighted by atomic mass is 10.1. The smallest absolute Gasteiger partial charge is 0.0644 e. The Labute approximate surface area is 97.5 Å². The predicted octanol–water partition coefficient (Wildman–Crippen LogP) is 3.89. The van der Waals surface area contributed by atoms with E-state index in [9.17, 15) is 0 Å². The van der Waals surface area contributed by atoms with Gasteiger partial charge in [0.2, 0.25) is 0 Å². The standard InChI is InChI=1S/C11H12BrClO/c1-2-8(7-14)5-9-6-10(12)3-4-11(9)13/h3-6,14H,2,7H2,1H3/b8-5-. The summed E-state index contributed by atoms with van der Waals surface area (Å²) in [7, 11) is 0. The Morgan fingerprint density at radius 2 is 2.29 bits per heavy atom. The molecule has 0 fully saturated rings. The van der Waals surface area contributed by atoms with Crippen LogP contribution in [0.2, 0.25) is 5.02 Å². The number of rotatable bonds is 3.